The maximum Gasteiger partial charge on any atom is 0.190 e. The van der Waals surface area contributed by atoms with Crippen LogP contribution in [0.5, 0.6) is 0 Å². The predicted octanol–water partition coefficient (Wildman–Crippen LogP) is 3.58. The number of rotatable bonds is 6. The summed E-state index contributed by atoms with van der Waals surface area (Å²) in [5.74, 6) is -1.59. The van der Waals surface area contributed by atoms with E-state index < -0.39 is 30.1 Å². The van der Waals surface area contributed by atoms with Crippen LogP contribution < -0.4 is 0 Å². The quantitative estimate of drug-likeness (QED) is 0.725. The summed E-state index contributed by atoms with van der Waals surface area (Å²) in [6, 6.07) is 1.44. The van der Waals surface area contributed by atoms with E-state index in [0.29, 0.717) is 17.9 Å². The molecule has 3 aliphatic rings. The monoisotopic (exact) mass is 402 g/mol. The lowest BCUT2D eigenvalue weighted by molar-refractivity contribution is -0.245. The summed E-state index contributed by atoms with van der Waals surface area (Å²) in [7, 11) is 0. The van der Waals surface area contributed by atoms with Gasteiger partial charge in [-0.15, -0.1) is 11.3 Å². The van der Waals surface area contributed by atoms with E-state index in [1.807, 2.05) is 27.7 Å². The Balaban J connectivity index is 1.51. The van der Waals surface area contributed by atoms with Crippen LogP contribution in [0.1, 0.15) is 45.4 Å². The van der Waals surface area contributed by atoms with Crippen LogP contribution in [0.25, 0.3) is 0 Å². The molecule has 4 rings (SSSR count). The minimum Gasteiger partial charge on any atom is -0.367 e. The van der Waals surface area contributed by atoms with Crippen LogP contribution in [0, 0.1) is 5.82 Å². The van der Waals surface area contributed by atoms with Gasteiger partial charge in [0.15, 0.2) is 17.9 Å². The van der Waals surface area contributed by atoms with Crippen molar-refractivity contribution in [3.8, 4) is 0 Å². The molecule has 4 heterocycles. The van der Waals surface area contributed by atoms with E-state index in [4.69, 9.17) is 28.4 Å². The molecule has 3 saturated heterocycles. The third kappa shape index (κ3) is 3.69. The number of thiophene rings is 1. The van der Waals surface area contributed by atoms with Crippen molar-refractivity contribution in [1.29, 1.82) is 0 Å². The molecule has 152 valence electrons. The molecule has 0 aromatic carbocycles. The summed E-state index contributed by atoms with van der Waals surface area (Å²) < 4.78 is 50.1. The maximum absolute atomic E-state index is 13.8. The van der Waals surface area contributed by atoms with Gasteiger partial charge in [0, 0.05) is 0 Å². The van der Waals surface area contributed by atoms with Gasteiger partial charge in [-0.2, -0.15) is 0 Å². The number of hydrogen-bond acceptors (Lipinski definition) is 7. The molecule has 3 fully saturated rings. The highest BCUT2D eigenvalue weighted by Crippen LogP contribution is 2.43. The van der Waals surface area contributed by atoms with E-state index in [2.05, 4.69) is 0 Å². The van der Waals surface area contributed by atoms with Crippen molar-refractivity contribution >= 4 is 11.3 Å². The summed E-state index contributed by atoms with van der Waals surface area (Å²) in [6.45, 7) is 8.38. The fourth-order valence-electron chi connectivity index (χ4n) is 3.68. The van der Waals surface area contributed by atoms with Crippen molar-refractivity contribution < 1.29 is 32.8 Å². The van der Waals surface area contributed by atoms with Crippen molar-refractivity contribution in [3.63, 3.8) is 0 Å². The van der Waals surface area contributed by atoms with E-state index in [-0.39, 0.29) is 24.6 Å². The highest BCUT2D eigenvalue weighted by atomic mass is 32.1. The molecule has 0 saturated carbocycles. The van der Waals surface area contributed by atoms with Crippen molar-refractivity contribution in [3.05, 3.63) is 22.1 Å². The summed E-state index contributed by atoms with van der Waals surface area (Å²) in [4.78, 5) is 0.552. The highest BCUT2D eigenvalue weighted by Gasteiger charge is 2.59. The minimum atomic E-state index is -0.707. The largest absolute Gasteiger partial charge is 0.367 e. The Labute approximate surface area is 162 Å². The van der Waals surface area contributed by atoms with Crippen LogP contribution in [0.3, 0.4) is 0 Å². The van der Waals surface area contributed by atoms with Gasteiger partial charge in [-0.1, -0.05) is 13.8 Å². The standard InChI is InChI=1S/C19H27FO6S/c1-5-18(3)22-9-12(24-18)14-15(21-10-13-11(20)7-8-27-13)16-17(23-14)26-19(4,6-2)25-16/h7-8,12,14-17H,5-6,9-10H2,1-4H3/t12-,14-,15+,16-,17-,18?,19?/m1/s1. The molecule has 2 unspecified atom stereocenters. The van der Waals surface area contributed by atoms with E-state index in [1.54, 1.807) is 5.38 Å². The Morgan fingerprint density at radius 1 is 1.15 bits per heavy atom. The molecule has 0 amide bonds. The van der Waals surface area contributed by atoms with Crippen molar-refractivity contribution in [2.24, 2.45) is 0 Å². The van der Waals surface area contributed by atoms with E-state index >= 15 is 0 Å². The molecule has 3 aliphatic heterocycles. The van der Waals surface area contributed by atoms with Crippen LogP contribution in [0.15, 0.2) is 11.4 Å². The molecule has 8 heteroatoms. The van der Waals surface area contributed by atoms with Crippen LogP contribution in [-0.4, -0.2) is 48.9 Å². The van der Waals surface area contributed by atoms with E-state index in [9.17, 15) is 4.39 Å². The van der Waals surface area contributed by atoms with Crippen molar-refractivity contribution in [2.45, 2.75) is 89.4 Å². The third-order valence-corrected chi connectivity index (χ3v) is 6.53. The van der Waals surface area contributed by atoms with Gasteiger partial charge in [0.2, 0.25) is 0 Å². The lowest BCUT2D eigenvalue weighted by atomic mass is 10.1. The normalized spacial score (nSPS) is 44.1. The number of fused-ring (bicyclic) bond motifs is 1. The van der Waals surface area contributed by atoms with E-state index in [1.165, 1.54) is 17.4 Å². The zero-order valence-electron chi connectivity index (χ0n) is 16.1. The summed E-state index contributed by atoms with van der Waals surface area (Å²) in [5.41, 5.74) is 0. The average molecular weight is 402 g/mol. The molecule has 0 spiro atoms. The fraction of sp³-hybridized carbons (Fsp3) is 0.789. The van der Waals surface area contributed by atoms with Gasteiger partial charge in [0.1, 0.15) is 30.2 Å². The molecular formula is C19H27FO6S. The molecule has 0 N–H and O–H groups in total. The molecule has 7 atom stereocenters. The average Bonchev–Trinajstić information content (AvgIpc) is 3.38. The smallest absolute Gasteiger partial charge is 0.190 e. The van der Waals surface area contributed by atoms with Gasteiger partial charge in [-0.3, -0.25) is 0 Å². The topological polar surface area (TPSA) is 55.4 Å². The van der Waals surface area contributed by atoms with Crippen LogP contribution in [0.2, 0.25) is 0 Å². The number of ether oxygens (including phenoxy) is 6. The molecule has 1 aromatic heterocycles. The van der Waals surface area contributed by atoms with Crippen LogP contribution >= 0.6 is 11.3 Å². The summed E-state index contributed by atoms with van der Waals surface area (Å²) in [6.07, 6.45) is -0.628. The Bertz CT molecular complexity index is 670. The highest BCUT2D eigenvalue weighted by molar-refractivity contribution is 7.09. The Kier molecular flexibility index (Phi) is 5.35. The Morgan fingerprint density at radius 2 is 1.93 bits per heavy atom. The Hall–Kier alpha value is -0.610. The van der Waals surface area contributed by atoms with Gasteiger partial charge in [0.25, 0.3) is 0 Å². The van der Waals surface area contributed by atoms with Gasteiger partial charge < -0.3 is 28.4 Å². The number of halogens is 1. The van der Waals surface area contributed by atoms with Gasteiger partial charge in [-0.25, -0.2) is 4.39 Å². The second-order valence-electron chi connectivity index (χ2n) is 7.58. The first-order valence-corrected chi connectivity index (χ1v) is 10.4. The first-order valence-electron chi connectivity index (χ1n) is 9.53. The van der Waals surface area contributed by atoms with Gasteiger partial charge in [0.05, 0.1) is 18.1 Å². The van der Waals surface area contributed by atoms with Crippen molar-refractivity contribution in [2.75, 3.05) is 6.61 Å². The molecule has 0 radical (unpaired) electrons. The second-order valence-corrected chi connectivity index (χ2v) is 8.58. The molecule has 6 nitrogen and oxygen atoms in total. The first-order chi connectivity index (χ1) is 12.9. The lowest BCUT2D eigenvalue weighted by Gasteiger charge is -2.30. The van der Waals surface area contributed by atoms with E-state index in [0.717, 1.165) is 6.42 Å². The van der Waals surface area contributed by atoms with Crippen LogP contribution in [0.4, 0.5) is 4.39 Å². The lowest BCUT2D eigenvalue weighted by Crippen LogP contribution is -2.44. The summed E-state index contributed by atoms with van der Waals surface area (Å²) in [5, 5.41) is 1.71. The molecule has 1 aromatic rings. The second kappa shape index (κ2) is 7.33. The molecular weight excluding hydrogens is 375 g/mol. The van der Waals surface area contributed by atoms with Crippen molar-refractivity contribution in [1.82, 2.24) is 0 Å². The molecule has 0 bridgehead atoms. The maximum atomic E-state index is 13.8. The zero-order valence-corrected chi connectivity index (χ0v) is 16.9. The third-order valence-electron chi connectivity index (χ3n) is 5.66. The molecule has 0 aliphatic carbocycles. The predicted molar refractivity (Wildman–Crippen MR) is 95.7 cm³/mol. The van der Waals surface area contributed by atoms with Gasteiger partial charge in [-0.05, 0) is 38.1 Å². The summed E-state index contributed by atoms with van der Waals surface area (Å²) >= 11 is 1.33. The van der Waals surface area contributed by atoms with Gasteiger partial charge >= 0.3 is 0 Å². The fourth-order valence-corrected chi connectivity index (χ4v) is 4.35. The van der Waals surface area contributed by atoms with Crippen LogP contribution in [-0.2, 0) is 35.0 Å². The zero-order chi connectivity index (χ0) is 19.2. The SMILES string of the molecule is CCC1(C)O[C@H]2O[C@H]([C@H]3COC(C)(CC)O3)[C@H](OCc3sccc3F)[C@H]2O1. The first kappa shape index (κ1) is 19.7. The molecule has 27 heavy (non-hydrogen) atoms. The number of hydrogen-bond donors (Lipinski definition) is 0. The Morgan fingerprint density at radius 3 is 2.56 bits per heavy atom. The minimum absolute atomic E-state index is 0.155.